The highest BCUT2D eigenvalue weighted by atomic mass is 35.5. The second-order valence-electron chi connectivity index (χ2n) is 5.91. The quantitative estimate of drug-likeness (QED) is 0.828. The van der Waals surface area contributed by atoms with Gasteiger partial charge in [0.1, 0.15) is 5.25 Å². The van der Waals surface area contributed by atoms with Gasteiger partial charge < -0.3 is 10.4 Å². The summed E-state index contributed by atoms with van der Waals surface area (Å²) in [6, 6.07) is 14.2. The van der Waals surface area contributed by atoms with E-state index in [2.05, 4.69) is 5.32 Å². The highest BCUT2D eigenvalue weighted by Gasteiger charge is 2.29. The van der Waals surface area contributed by atoms with Gasteiger partial charge in [0, 0.05) is 5.02 Å². The van der Waals surface area contributed by atoms with E-state index in [1.807, 2.05) is 24.3 Å². The molecule has 0 saturated heterocycles. The first-order chi connectivity index (χ1) is 12.0. The van der Waals surface area contributed by atoms with E-state index in [1.54, 1.807) is 36.0 Å². The monoisotopic (exact) mass is 375 g/mol. The zero-order valence-electron chi connectivity index (χ0n) is 13.4. The van der Waals surface area contributed by atoms with Crippen LogP contribution >= 0.6 is 23.4 Å². The van der Waals surface area contributed by atoms with Gasteiger partial charge in [0.05, 0.1) is 12.5 Å². The van der Waals surface area contributed by atoms with Crippen molar-refractivity contribution in [2.75, 3.05) is 5.75 Å². The number of halogens is 1. The molecule has 1 aliphatic heterocycles. The summed E-state index contributed by atoms with van der Waals surface area (Å²) < 4.78 is 0. The first-order valence-corrected chi connectivity index (χ1v) is 9.44. The lowest BCUT2D eigenvalue weighted by Gasteiger charge is -2.26. The van der Waals surface area contributed by atoms with Crippen LogP contribution in [0.15, 0.2) is 48.5 Å². The average Bonchev–Trinajstić information content (AvgIpc) is 2.61. The molecular weight excluding hydrogens is 358 g/mol. The van der Waals surface area contributed by atoms with Crippen LogP contribution in [0.3, 0.4) is 0 Å². The Labute approximate surface area is 155 Å². The molecule has 1 amide bonds. The molecule has 0 aromatic heterocycles. The number of aryl methyl sites for hydroxylation is 1. The van der Waals surface area contributed by atoms with E-state index in [4.69, 9.17) is 11.6 Å². The molecule has 2 atom stereocenters. The summed E-state index contributed by atoms with van der Waals surface area (Å²) >= 11 is 7.49. The van der Waals surface area contributed by atoms with Crippen LogP contribution in [0.4, 0.5) is 0 Å². The van der Waals surface area contributed by atoms with Gasteiger partial charge in [0.25, 0.3) is 0 Å². The highest BCUT2D eigenvalue weighted by Crippen LogP contribution is 2.37. The number of carboxylic acids is 1. The van der Waals surface area contributed by atoms with E-state index in [1.165, 1.54) is 5.56 Å². The molecule has 0 fully saturated rings. The molecule has 6 heteroatoms. The van der Waals surface area contributed by atoms with Gasteiger partial charge in [-0.05, 0) is 41.0 Å². The number of amides is 1. The third-order valence-corrected chi connectivity index (χ3v) is 5.69. The largest absolute Gasteiger partial charge is 0.481 e. The minimum Gasteiger partial charge on any atom is -0.481 e. The molecular formula is C19H18ClNO3S. The summed E-state index contributed by atoms with van der Waals surface area (Å²) in [6.45, 7) is 0. The van der Waals surface area contributed by atoms with Crippen molar-refractivity contribution >= 4 is 35.2 Å². The molecule has 3 rings (SSSR count). The SMILES string of the molecule is O=C(O)C[C@H](NC(=O)C1SCCc2ccccc21)c1ccc(Cl)cc1. The van der Waals surface area contributed by atoms with Crippen LogP contribution in [0.25, 0.3) is 0 Å². The Morgan fingerprint density at radius 1 is 1.20 bits per heavy atom. The van der Waals surface area contributed by atoms with Crippen molar-refractivity contribution in [2.24, 2.45) is 0 Å². The van der Waals surface area contributed by atoms with Crippen molar-refractivity contribution in [3.8, 4) is 0 Å². The van der Waals surface area contributed by atoms with Crippen LogP contribution in [0.5, 0.6) is 0 Å². The fraction of sp³-hybridized carbons (Fsp3) is 0.263. The van der Waals surface area contributed by atoms with Crippen molar-refractivity contribution < 1.29 is 14.7 Å². The molecule has 1 unspecified atom stereocenters. The Bertz CT molecular complexity index is 778. The van der Waals surface area contributed by atoms with E-state index in [-0.39, 0.29) is 17.6 Å². The van der Waals surface area contributed by atoms with Crippen molar-refractivity contribution in [1.82, 2.24) is 5.32 Å². The number of benzene rings is 2. The number of thioether (sulfide) groups is 1. The van der Waals surface area contributed by atoms with E-state index in [0.717, 1.165) is 23.3 Å². The molecule has 0 bridgehead atoms. The maximum atomic E-state index is 12.8. The van der Waals surface area contributed by atoms with Gasteiger partial charge in [-0.1, -0.05) is 48.0 Å². The number of hydrogen-bond acceptors (Lipinski definition) is 3. The number of nitrogens with one attached hydrogen (secondary N) is 1. The van der Waals surface area contributed by atoms with Crippen molar-refractivity contribution in [3.63, 3.8) is 0 Å². The Morgan fingerprint density at radius 2 is 1.92 bits per heavy atom. The second-order valence-corrected chi connectivity index (χ2v) is 7.56. The Balaban J connectivity index is 1.81. The van der Waals surface area contributed by atoms with Gasteiger partial charge in [-0.3, -0.25) is 9.59 Å². The van der Waals surface area contributed by atoms with Crippen LogP contribution in [0.2, 0.25) is 5.02 Å². The van der Waals surface area contributed by atoms with E-state index < -0.39 is 12.0 Å². The minimum absolute atomic E-state index is 0.154. The van der Waals surface area contributed by atoms with Crippen LogP contribution < -0.4 is 5.32 Å². The molecule has 130 valence electrons. The number of carbonyl (C=O) groups excluding carboxylic acids is 1. The summed E-state index contributed by atoms with van der Waals surface area (Å²) in [5.74, 6) is -0.241. The fourth-order valence-electron chi connectivity index (χ4n) is 2.98. The summed E-state index contributed by atoms with van der Waals surface area (Å²) in [7, 11) is 0. The van der Waals surface area contributed by atoms with Gasteiger partial charge in [-0.25, -0.2) is 0 Å². The maximum absolute atomic E-state index is 12.8. The van der Waals surface area contributed by atoms with E-state index >= 15 is 0 Å². The third-order valence-electron chi connectivity index (χ3n) is 4.20. The first-order valence-electron chi connectivity index (χ1n) is 8.01. The maximum Gasteiger partial charge on any atom is 0.305 e. The molecule has 4 nitrogen and oxygen atoms in total. The normalized spacial score (nSPS) is 17.4. The molecule has 2 aromatic carbocycles. The third kappa shape index (κ3) is 4.35. The number of fused-ring (bicyclic) bond motifs is 1. The molecule has 0 radical (unpaired) electrons. The van der Waals surface area contributed by atoms with Crippen molar-refractivity contribution in [2.45, 2.75) is 24.1 Å². The lowest BCUT2D eigenvalue weighted by atomic mass is 9.99. The topological polar surface area (TPSA) is 66.4 Å². The minimum atomic E-state index is -0.961. The number of rotatable bonds is 5. The average molecular weight is 376 g/mol. The smallest absolute Gasteiger partial charge is 0.305 e. The zero-order valence-corrected chi connectivity index (χ0v) is 15.0. The number of hydrogen-bond donors (Lipinski definition) is 2. The van der Waals surface area contributed by atoms with Crippen molar-refractivity contribution in [1.29, 1.82) is 0 Å². The van der Waals surface area contributed by atoms with Crippen LogP contribution in [0, 0.1) is 0 Å². The van der Waals surface area contributed by atoms with Gasteiger partial charge in [0.15, 0.2) is 0 Å². The lowest BCUT2D eigenvalue weighted by Crippen LogP contribution is -2.34. The van der Waals surface area contributed by atoms with Gasteiger partial charge in [0.2, 0.25) is 5.91 Å². The Hall–Kier alpha value is -1.98. The van der Waals surface area contributed by atoms with Gasteiger partial charge in [-0.15, -0.1) is 11.8 Å². The standard InChI is InChI=1S/C19H18ClNO3S/c20-14-7-5-13(6-8-14)16(11-17(22)23)21-19(24)18-15-4-2-1-3-12(15)9-10-25-18/h1-8,16,18H,9-11H2,(H,21,24)(H,22,23)/t16-,18?/m0/s1. The second kappa shape index (κ2) is 7.93. The number of carbonyl (C=O) groups is 2. The zero-order chi connectivity index (χ0) is 17.8. The van der Waals surface area contributed by atoms with Gasteiger partial charge in [-0.2, -0.15) is 0 Å². The van der Waals surface area contributed by atoms with E-state index in [0.29, 0.717) is 5.02 Å². The van der Waals surface area contributed by atoms with Crippen molar-refractivity contribution in [3.05, 3.63) is 70.2 Å². The summed E-state index contributed by atoms with van der Waals surface area (Å²) in [5.41, 5.74) is 2.93. The number of aliphatic carboxylic acids is 1. The predicted molar refractivity (Wildman–Crippen MR) is 99.9 cm³/mol. The Morgan fingerprint density at radius 3 is 2.64 bits per heavy atom. The van der Waals surface area contributed by atoms with E-state index in [9.17, 15) is 14.7 Å². The molecule has 0 aliphatic carbocycles. The molecule has 2 N–H and O–H groups in total. The lowest BCUT2D eigenvalue weighted by molar-refractivity contribution is -0.137. The van der Waals surface area contributed by atoms with Crippen LogP contribution in [0.1, 0.15) is 34.4 Å². The van der Waals surface area contributed by atoms with Crippen LogP contribution in [-0.2, 0) is 16.0 Å². The first kappa shape index (κ1) is 17.8. The van der Waals surface area contributed by atoms with Crippen LogP contribution in [-0.4, -0.2) is 22.7 Å². The summed E-state index contributed by atoms with van der Waals surface area (Å²) in [4.78, 5) is 24.1. The highest BCUT2D eigenvalue weighted by molar-refractivity contribution is 8.00. The Kier molecular flexibility index (Phi) is 5.66. The molecule has 1 heterocycles. The molecule has 25 heavy (non-hydrogen) atoms. The summed E-state index contributed by atoms with van der Waals surface area (Å²) in [6.07, 6.45) is 0.771. The summed E-state index contributed by atoms with van der Waals surface area (Å²) in [5, 5.41) is 12.4. The van der Waals surface area contributed by atoms with Gasteiger partial charge >= 0.3 is 5.97 Å². The molecule has 2 aromatic rings. The molecule has 0 saturated carbocycles. The fourth-order valence-corrected chi connectivity index (χ4v) is 4.31. The number of carboxylic acid groups (broad SMARTS) is 1. The predicted octanol–water partition coefficient (Wildman–Crippen LogP) is 4.00. The molecule has 1 aliphatic rings. The molecule has 0 spiro atoms.